The van der Waals surface area contributed by atoms with Crippen LogP contribution in [0.2, 0.25) is 0 Å². The quantitative estimate of drug-likeness (QED) is 0.551. The summed E-state index contributed by atoms with van der Waals surface area (Å²) in [6.07, 6.45) is -0.399. The Morgan fingerprint density at radius 3 is 2.84 bits per heavy atom. The van der Waals surface area contributed by atoms with Crippen LogP contribution in [0, 0.1) is 5.82 Å². The fourth-order valence-electron chi connectivity index (χ4n) is 2.03. The van der Waals surface area contributed by atoms with Crippen molar-refractivity contribution in [3.8, 4) is 0 Å². The van der Waals surface area contributed by atoms with Gasteiger partial charge in [-0.25, -0.2) is 4.39 Å². The van der Waals surface area contributed by atoms with Crippen LogP contribution in [0.5, 0.6) is 0 Å². The number of aliphatic hydroxyl groups is 1. The maximum absolute atomic E-state index is 13.3. The molecule has 19 heavy (non-hydrogen) atoms. The number of nitrogen functional groups attached to an aromatic ring is 1. The summed E-state index contributed by atoms with van der Waals surface area (Å²) in [5, 5.41) is 13.3. The van der Waals surface area contributed by atoms with E-state index >= 15 is 0 Å². The SMILES string of the molecule is Nc1ccc(SCC(O)CN2CCNCC2)cc1F. The Kier molecular flexibility index (Phi) is 5.45. The van der Waals surface area contributed by atoms with Crippen molar-refractivity contribution in [2.45, 2.75) is 11.0 Å². The van der Waals surface area contributed by atoms with Crippen molar-refractivity contribution in [2.75, 3.05) is 44.2 Å². The maximum atomic E-state index is 13.3. The molecule has 1 heterocycles. The van der Waals surface area contributed by atoms with E-state index in [1.165, 1.54) is 17.8 Å². The van der Waals surface area contributed by atoms with Crippen LogP contribution in [-0.2, 0) is 0 Å². The molecule has 0 amide bonds. The number of β-amino-alcohol motifs (C(OH)–C–C–N with tert-alkyl or cyclic N) is 1. The van der Waals surface area contributed by atoms with Gasteiger partial charge in [0.15, 0.2) is 0 Å². The Morgan fingerprint density at radius 2 is 2.16 bits per heavy atom. The number of aliphatic hydroxyl groups excluding tert-OH is 1. The van der Waals surface area contributed by atoms with Crippen LogP contribution < -0.4 is 11.1 Å². The molecule has 1 saturated heterocycles. The van der Waals surface area contributed by atoms with Gasteiger partial charge in [0.25, 0.3) is 0 Å². The molecule has 0 aliphatic carbocycles. The standard InChI is InChI=1S/C13H20FN3OS/c14-12-7-11(1-2-13(12)15)19-9-10(18)8-17-5-3-16-4-6-17/h1-2,7,10,16,18H,3-6,8-9,15H2. The van der Waals surface area contributed by atoms with Gasteiger partial charge < -0.3 is 16.2 Å². The highest BCUT2D eigenvalue weighted by molar-refractivity contribution is 7.99. The van der Waals surface area contributed by atoms with E-state index in [1.54, 1.807) is 12.1 Å². The highest BCUT2D eigenvalue weighted by Gasteiger charge is 2.14. The molecule has 0 radical (unpaired) electrons. The van der Waals surface area contributed by atoms with Crippen LogP contribution in [0.1, 0.15) is 0 Å². The molecule has 2 rings (SSSR count). The first kappa shape index (κ1) is 14.6. The molecule has 1 aliphatic rings. The molecule has 6 heteroatoms. The molecule has 1 atom stereocenters. The Hall–Kier alpha value is -0.820. The van der Waals surface area contributed by atoms with Crippen molar-refractivity contribution >= 4 is 17.4 Å². The number of benzene rings is 1. The zero-order valence-electron chi connectivity index (χ0n) is 10.8. The largest absolute Gasteiger partial charge is 0.396 e. The van der Waals surface area contributed by atoms with Crippen LogP contribution in [0.4, 0.5) is 10.1 Å². The fraction of sp³-hybridized carbons (Fsp3) is 0.538. The predicted molar refractivity (Wildman–Crippen MR) is 76.9 cm³/mol. The normalized spacial score (nSPS) is 18.4. The molecule has 0 spiro atoms. The Labute approximate surface area is 117 Å². The van der Waals surface area contributed by atoms with Gasteiger partial charge in [-0.1, -0.05) is 0 Å². The van der Waals surface area contributed by atoms with Crippen molar-refractivity contribution in [3.05, 3.63) is 24.0 Å². The number of anilines is 1. The summed E-state index contributed by atoms with van der Waals surface area (Å²) in [5.41, 5.74) is 5.58. The van der Waals surface area contributed by atoms with E-state index in [1.807, 2.05) is 0 Å². The number of halogens is 1. The number of piperazine rings is 1. The molecule has 4 nitrogen and oxygen atoms in total. The van der Waals surface area contributed by atoms with Crippen molar-refractivity contribution in [2.24, 2.45) is 0 Å². The van der Waals surface area contributed by atoms with Crippen LogP contribution >= 0.6 is 11.8 Å². The topological polar surface area (TPSA) is 61.5 Å². The van der Waals surface area contributed by atoms with Crippen LogP contribution in [0.25, 0.3) is 0 Å². The van der Waals surface area contributed by atoms with Crippen molar-refractivity contribution in [1.29, 1.82) is 0 Å². The first-order chi connectivity index (χ1) is 9.15. The Bertz CT molecular complexity index is 413. The number of rotatable bonds is 5. The lowest BCUT2D eigenvalue weighted by Crippen LogP contribution is -2.46. The smallest absolute Gasteiger partial charge is 0.147 e. The van der Waals surface area contributed by atoms with Crippen molar-refractivity contribution < 1.29 is 9.50 Å². The van der Waals surface area contributed by atoms with Gasteiger partial charge in [0.2, 0.25) is 0 Å². The molecule has 1 aromatic rings. The molecule has 106 valence electrons. The maximum Gasteiger partial charge on any atom is 0.147 e. The first-order valence-electron chi connectivity index (χ1n) is 6.44. The number of nitrogens with zero attached hydrogens (tertiary/aromatic N) is 1. The third-order valence-electron chi connectivity index (χ3n) is 3.09. The van der Waals surface area contributed by atoms with Gasteiger partial charge in [-0.3, -0.25) is 4.90 Å². The first-order valence-corrected chi connectivity index (χ1v) is 7.42. The highest BCUT2D eigenvalue weighted by atomic mass is 32.2. The number of nitrogens with one attached hydrogen (secondary N) is 1. The summed E-state index contributed by atoms with van der Waals surface area (Å²) in [5.74, 6) is 0.161. The van der Waals surface area contributed by atoms with E-state index in [4.69, 9.17) is 5.73 Å². The second kappa shape index (κ2) is 7.09. The van der Waals surface area contributed by atoms with E-state index in [-0.39, 0.29) is 5.69 Å². The number of hydrogen-bond donors (Lipinski definition) is 3. The molecule has 4 N–H and O–H groups in total. The van der Waals surface area contributed by atoms with Crippen molar-refractivity contribution in [1.82, 2.24) is 10.2 Å². The molecule has 1 aromatic carbocycles. The zero-order chi connectivity index (χ0) is 13.7. The Balaban J connectivity index is 1.75. The molecular formula is C13H20FN3OS. The molecule has 1 unspecified atom stereocenters. The molecular weight excluding hydrogens is 265 g/mol. The van der Waals surface area contributed by atoms with Crippen LogP contribution in [0.15, 0.2) is 23.1 Å². The van der Waals surface area contributed by atoms with Gasteiger partial charge in [-0.2, -0.15) is 0 Å². The van der Waals surface area contributed by atoms with Gasteiger partial charge in [0, 0.05) is 43.4 Å². The lowest BCUT2D eigenvalue weighted by molar-refractivity contribution is 0.121. The summed E-state index contributed by atoms with van der Waals surface area (Å²) in [6, 6.07) is 4.75. The molecule has 0 saturated carbocycles. The number of hydrogen-bond acceptors (Lipinski definition) is 5. The second-order valence-electron chi connectivity index (χ2n) is 4.70. The molecule has 1 aliphatic heterocycles. The minimum Gasteiger partial charge on any atom is -0.396 e. The van der Waals surface area contributed by atoms with Crippen LogP contribution in [-0.4, -0.2) is 54.6 Å². The average Bonchev–Trinajstić information content (AvgIpc) is 2.41. The second-order valence-corrected chi connectivity index (χ2v) is 5.79. The molecule has 0 bridgehead atoms. The van der Waals surface area contributed by atoms with Gasteiger partial charge in [0.05, 0.1) is 11.8 Å². The summed E-state index contributed by atoms with van der Waals surface area (Å²) >= 11 is 1.45. The van der Waals surface area contributed by atoms with E-state index in [0.29, 0.717) is 12.3 Å². The minimum absolute atomic E-state index is 0.158. The summed E-state index contributed by atoms with van der Waals surface area (Å²) < 4.78 is 13.3. The van der Waals surface area contributed by atoms with E-state index in [0.717, 1.165) is 31.1 Å². The van der Waals surface area contributed by atoms with E-state index in [2.05, 4.69) is 10.2 Å². The third kappa shape index (κ3) is 4.65. The van der Waals surface area contributed by atoms with Gasteiger partial charge in [-0.05, 0) is 18.2 Å². The number of nitrogens with two attached hydrogens (primary N) is 1. The van der Waals surface area contributed by atoms with Crippen molar-refractivity contribution in [3.63, 3.8) is 0 Å². The van der Waals surface area contributed by atoms with Gasteiger partial charge in [0.1, 0.15) is 5.82 Å². The molecule has 0 aromatic heterocycles. The summed E-state index contributed by atoms with van der Waals surface area (Å²) in [6.45, 7) is 4.56. The summed E-state index contributed by atoms with van der Waals surface area (Å²) in [7, 11) is 0. The lowest BCUT2D eigenvalue weighted by Gasteiger charge is -2.28. The molecule has 1 fully saturated rings. The zero-order valence-corrected chi connectivity index (χ0v) is 11.6. The third-order valence-corrected chi connectivity index (χ3v) is 4.23. The van der Waals surface area contributed by atoms with E-state index < -0.39 is 11.9 Å². The van der Waals surface area contributed by atoms with Gasteiger partial charge >= 0.3 is 0 Å². The lowest BCUT2D eigenvalue weighted by atomic mass is 10.3. The van der Waals surface area contributed by atoms with Crippen LogP contribution in [0.3, 0.4) is 0 Å². The monoisotopic (exact) mass is 285 g/mol. The summed E-state index contributed by atoms with van der Waals surface area (Å²) in [4.78, 5) is 3.04. The predicted octanol–water partition coefficient (Wildman–Crippen LogP) is 0.766. The fourth-order valence-corrected chi connectivity index (χ4v) is 2.88. The van der Waals surface area contributed by atoms with E-state index in [9.17, 15) is 9.50 Å². The Morgan fingerprint density at radius 1 is 1.42 bits per heavy atom. The minimum atomic E-state index is -0.401. The highest BCUT2D eigenvalue weighted by Crippen LogP contribution is 2.22. The number of thioether (sulfide) groups is 1. The van der Waals surface area contributed by atoms with Gasteiger partial charge in [-0.15, -0.1) is 11.8 Å². The average molecular weight is 285 g/mol.